The molecule has 0 fully saturated rings. The summed E-state index contributed by atoms with van der Waals surface area (Å²) in [7, 11) is 1.82. The van der Waals surface area contributed by atoms with Crippen LogP contribution in [0.3, 0.4) is 0 Å². The molecule has 1 N–H and O–H groups in total. The number of rotatable bonds is 7. The summed E-state index contributed by atoms with van der Waals surface area (Å²) in [5, 5.41) is 9.64. The molecule has 0 aromatic carbocycles. The summed E-state index contributed by atoms with van der Waals surface area (Å²) in [6.07, 6.45) is 5.42. The Morgan fingerprint density at radius 3 is 2.94 bits per heavy atom. The molecule has 0 aliphatic rings. The molecule has 1 aromatic rings. The van der Waals surface area contributed by atoms with E-state index < -0.39 is 12.1 Å². The first-order valence-electron chi connectivity index (χ1n) is 5.96. The highest BCUT2D eigenvalue weighted by molar-refractivity contribution is 5.74. The summed E-state index contributed by atoms with van der Waals surface area (Å²) in [6.45, 7) is 2.46. The molecule has 0 unspecified atom stereocenters. The number of esters is 1. The molecule has 0 spiro atoms. The lowest BCUT2D eigenvalue weighted by Gasteiger charge is -2.10. The Kier molecular flexibility index (Phi) is 5.69. The zero-order valence-corrected chi connectivity index (χ0v) is 10.4. The number of aryl methyl sites for hydroxylation is 1. The summed E-state index contributed by atoms with van der Waals surface area (Å²) in [6, 6.07) is 0. The number of imidazole rings is 1. The first-order chi connectivity index (χ1) is 8.15. The first kappa shape index (κ1) is 13.7. The van der Waals surface area contributed by atoms with E-state index in [1.54, 1.807) is 17.0 Å². The number of ether oxygens (including phenoxy) is 1. The summed E-state index contributed by atoms with van der Waals surface area (Å²) in [5.41, 5.74) is 0. The maximum absolute atomic E-state index is 11.4. The highest BCUT2D eigenvalue weighted by Crippen LogP contribution is 2.02. The van der Waals surface area contributed by atoms with E-state index in [1.165, 1.54) is 0 Å². The molecule has 1 atom stereocenters. The van der Waals surface area contributed by atoms with Gasteiger partial charge in [-0.3, -0.25) is 0 Å². The van der Waals surface area contributed by atoms with Crippen molar-refractivity contribution in [1.29, 1.82) is 0 Å². The Hall–Kier alpha value is -1.36. The molecule has 0 saturated carbocycles. The van der Waals surface area contributed by atoms with Crippen LogP contribution in [0.4, 0.5) is 0 Å². The maximum atomic E-state index is 11.4. The van der Waals surface area contributed by atoms with E-state index in [2.05, 4.69) is 11.9 Å². The number of hydrogen-bond donors (Lipinski definition) is 1. The van der Waals surface area contributed by atoms with Crippen LogP contribution in [0.2, 0.25) is 0 Å². The lowest BCUT2D eigenvalue weighted by atomic mass is 10.2. The quantitative estimate of drug-likeness (QED) is 0.571. The van der Waals surface area contributed by atoms with Gasteiger partial charge in [0.25, 0.3) is 0 Å². The maximum Gasteiger partial charge on any atom is 0.335 e. The van der Waals surface area contributed by atoms with Crippen LogP contribution >= 0.6 is 0 Å². The van der Waals surface area contributed by atoms with Gasteiger partial charge in [0.2, 0.25) is 0 Å². The van der Waals surface area contributed by atoms with Gasteiger partial charge < -0.3 is 14.4 Å². The normalized spacial score (nSPS) is 12.4. The fourth-order valence-corrected chi connectivity index (χ4v) is 1.47. The van der Waals surface area contributed by atoms with Crippen molar-refractivity contribution >= 4 is 5.97 Å². The summed E-state index contributed by atoms with van der Waals surface area (Å²) >= 11 is 0. The molecule has 5 heteroatoms. The van der Waals surface area contributed by atoms with Gasteiger partial charge in [-0.1, -0.05) is 19.8 Å². The van der Waals surface area contributed by atoms with Crippen molar-refractivity contribution in [2.75, 3.05) is 6.61 Å². The fraction of sp³-hybridized carbons (Fsp3) is 0.667. The number of hydrogen-bond acceptors (Lipinski definition) is 4. The smallest absolute Gasteiger partial charge is 0.335 e. The van der Waals surface area contributed by atoms with Crippen LogP contribution in [0.15, 0.2) is 12.4 Å². The third-order valence-electron chi connectivity index (χ3n) is 2.56. The second-order valence-corrected chi connectivity index (χ2v) is 4.05. The third-order valence-corrected chi connectivity index (χ3v) is 2.56. The molecule has 1 rings (SSSR count). The molecule has 0 bridgehead atoms. The molecule has 5 nitrogen and oxygen atoms in total. The predicted molar refractivity (Wildman–Crippen MR) is 63.4 cm³/mol. The number of aliphatic hydroxyl groups excluding tert-OH is 1. The average Bonchev–Trinajstić information content (AvgIpc) is 2.70. The van der Waals surface area contributed by atoms with Crippen molar-refractivity contribution in [3.05, 3.63) is 18.2 Å². The van der Waals surface area contributed by atoms with Crippen LogP contribution in [-0.4, -0.2) is 33.3 Å². The Morgan fingerprint density at radius 2 is 2.35 bits per heavy atom. The number of carbonyl (C=O) groups is 1. The van der Waals surface area contributed by atoms with Gasteiger partial charge >= 0.3 is 5.97 Å². The van der Waals surface area contributed by atoms with E-state index in [0.29, 0.717) is 12.4 Å². The minimum Gasteiger partial charge on any atom is -0.464 e. The second kappa shape index (κ2) is 7.06. The zero-order valence-electron chi connectivity index (χ0n) is 10.4. The average molecular weight is 240 g/mol. The molecule has 0 aliphatic carbocycles. The zero-order chi connectivity index (χ0) is 12.7. The van der Waals surface area contributed by atoms with Gasteiger partial charge in [-0.05, 0) is 6.42 Å². The van der Waals surface area contributed by atoms with Gasteiger partial charge in [0.1, 0.15) is 5.82 Å². The van der Waals surface area contributed by atoms with E-state index in [0.717, 1.165) is 19.3 Å². The number of aromatic nitrogens is 2. The molecule has 1 aromatic heterocycles. The number of aliphatic hydroxyl groups is 1. The highest BCUT2D eigenvalue weighted by Gasteiger charge is 2.18. The molecular formula is C12H20N2O3. The lowest BCUT2D eigenvalue weighted by molar-refractivity contribution is -0.153. The standard InChI is InChI=1S/C12H20N2O3/c1-3-4-5-8-17-12(16)10(15)9-11-13-6-7-14(11)2/h6-7,10,15H,3-5,8-9H2,1-2H3/t10-/m0/s1. The number of carbonyl (C=O) groups excluding carboxylic acids is 1. The largest absolute Gasteiger partial charge is 0.464 e. The molecular weight excluding hydrogens is 220 g/mol. The van der Waals surface area contributed by atoms with Gasteiger partial charge in [-0.15, -0.1) is 0 Å². The van der Waals surface area contributed by atoms with E-state index in [-0.39, 0.29) is 6.42 Å². The van der Waals surface area contributed by atoms with Crippen molar-refractivity contribution < 1.29 is 14.6 Å². The Morgan fingerprint density at radius 1 is 1.59 bits per heavy atom. The Labute approximate surface area is 101 Å². The van der Waals surface area contributed by atoms with Gasteiger partial charge in [-0.2, -0.15) is 0 Å². The Bertz CT molecular complexity index is 349. The van der Waals surface area contributed by atoms with Crippen LogP contribution in [0.5, 0.6) is 0 Å². The SMILES string of the molecule is CCCCCOC(=O)[C@@H](O)Cc1nccn1C. The number of unbranched alkanes of at least 4 members (excludes halogenated alkanes) is 2. The fourth-order valence-electron chi connectivity index (χ4n) is 1.47. The minimum atomic E-state index is -1.13. The topological polar surface area (TPSA) is 64.3 Å². The van der Waals surface area contributed by atoms with Crippen LogP contribution in [0, 0.1) is 0 Å². The van der Waals surface area contributed by atoms with E-state index in [4.69, 9.17) is 4.74 Å². The van der Waals surface area contributed by atoms with Gasteiger partial charge in [0.05, 0.1) is 6.61 Å². The Balaban J connectivity index is 2.30. The van der Waals surface area contributed by atoms with Crippen molar-refractivity contribution in [2.45, 2.75) is 38.7 Å². The highest BCUT2D eigenvalue weighted by atomic mass is 16.5. The molecule has 96 valence electrons. The van der Waals surface area contributed by atoms with Gasteiger partial charge in [-0.25, -0.2) is 9.78 Å². The van der Waals surface area contributed by atoms with Crippen LogP contribution in [-0.2, 0) is 23.0 Å². The molecule has 0 radical (unpaired) electrons. The van der Waals surface area contributed by atoms with Crippen LogP contribution in [0.25, 0.3) is 0 Å². The van der Waals surface area contributed by atoms with Crippen LogP contribution < -0.4 is 0 Å². The molecule has 0 saturated heterocycles. The second-order valence-electron chi connectivity index (χ2n) is 4.05. The molecule has 17 heavy (non-hydrogen) atoms. The van der Waals surface area contributed by atoms with Crippen molar-refractivity contribution in [3.63, 3.8) is 0 Å². The van der Waals surface area contributed by atoms with Gasteiger partial charge in [0, 0.05) is 25.9 Å². The molecule has 0 amide bonds. The third kappa shape index (κ3) is 4.56. The van der Waals surface area contributed by atoms with E-state index in [1.807, 2.05) is 7.05 Å². The summed E-state index contributed by atoms with van der Waals surface area (Å²) in [5.74, 6) is 0.104. The van der Waals surface area contributed by atoms with Crippen molar-refractivity contribution in [3.8, 4) is 0 Å². The predicted octanol–water partition coefficient (Wildman–Crippen LogP) is 1.06. The van der Waals surface area contributed by atoms with Crippen molar-refractivity contribution in [1.82, 2.24) is 9.55 Å². The number of nitrogens with zero attached hydrogens (tertiary/aromatic N) is 2. The van der Waals surface area contributed by atoms with E-state index >= 15 is 0 Å². The summed E-state index contributed by atoms with van der Waals surface area (Å²) in [4.78, 5) is 15.5. The van der Waals surface area contributed by atoms with E-state index in [9.17, 15) is 9.90 Å². The molecule has 0 aliphatic heterocycles. The van der Waals surface area contributed by atoms with Crippen LogP contribution in [0.1, 0.15) is 32.0 Å². The minimum absolute atomic E-state index is 0.191. The lowest BCUT2D eigenvalue weighted by Crippen LogP contribution is -2.26. The first-order valence-corrected chi connectivity index (χ1v) is 5.96. The van der Waals surface area contributed by atoms with Crippen molar-refractivity contribution in [2.24, 2.45) is 7.05 Å². The molecule has 1 heterocycles. The monoisotopic (exact) mass is 240 g/mol. The summed E-state index contributed by atoms with van der Waals surface area (Å²) < 4.78 is 6.74. The van der Waals surface area contributed by atoms with Gasteiger partial charge in [0.15, 0.2) is 6.10 Å².